The molecule has 0 radical (unpaired) electrons. The van der Waals surface area contributed by atoms with Gasteiger partial charge in [0.2, 0.25) is 0 Å². The number of fused-ring (bicyclic) bond motifs is 1. The first-order valence-electron chi connectivity index (χ1n) is 11.8. The molecule has 0 unspecified atom stereocenters. The third kappa shape index (κ3) is 4.34. The Morgan fingerprint density at radius 3 is 2.66 bits per heavy atom. The summed E-state index contributed by atoms with van der Waals surface area (Å²) in [5.41, 5.74) is 6.16. The summed E-state index contributed by atoms with van der Waals surface area (Å²) in [6.07, 6.45) is 3.68. The lowest BCUT2D eigenvalue weighted by Gasteiger charge is -2.28. The Balaban J connectivity index is 1.29. The highest BCUT2D eigenvalue weighted by Gasteiger charge is 2.14. The van der Waals surface area contributed by atoms with Crippen LogP contribution in [-0.2, 0) is 4.74 Å². The van der Waals surface area contributed by atoms with Crippen LogP contribution in [0.4, 0.5) is 17.3 Å². The van der Waals surface area contributed by atoms with Crippen molar-refractivity contribution in [1.82, 2.24) is 19.9 Å². The zero-order valence-electron chi connectivity index (χ0n) is 19.5. The maximum atomic E-state index is 5.47. The van der Waals surface area contributed by atoms with Crippen LogP contribution in [0.2, 0.25) is 0 Å². The highest BCUT2D eigenvalue weighted by molar-refractivity contribution is 5.92. The number of nitrogens with one attached hydrogen (secondary N) is 2. The Labute approximate surface area is 203 Å². The van der Waals surface area contributed by atoms with Crippen molar-refractivity contribution in [2.24, 2.45) is 0 Å². The van der Waals surface area contributed by atoms with Crippen molar-refractivity contribution in [3.05, 3.63) is 84.7 Å². The molecule has 3 aromatic heterocycles. The quantitative estimate of drug-likeness (QED) is 0.355. The molecule has 2 N–H and O–H groups in total. The van der Waals surface area contributed by atoms with Gasteiger partial charge in [0.15, 0.2) is 0 Å². The number of H-pyrrole nitrogens is 1. The van der Waals surface area contributed by atoms with Gasteiger partial charge in [-0.25, -0.2) is 15.0 Å². The van der Waals surface area contributed by atoms with Crippen LogP contribution in [0.3, 0.4) is 0 Å². The minimum Gasteiger partial charge on any atom is -0.378 e. The fourth-order valence-corrected chi connectivity index (χ4v) is 4.43. The van der Waals surface area contributed by atoms with Gasteiger partial charge in [-0.15, -0.1) is 0 Å². The van der Waals surface area contributed by atoms with Gasteiger partial charge in [0.25, 0.3) is 0 Å². The number of rotatable bonds is 5. The predicted molar refractivity (Wildman–Crippen MR) is 140 cm³/mol. The number of imidazole rings is 1. The van der Waals surface area contributed by atoms with Crippen LogP contribution in [0, 0.1) is 6.92 Å². The van der Waals surface area contributed by atoms with Crippen molar-refractivity contribution < 1.29 is 4.74 Å². The highest BCUT2D eigenvalue weighted by atomic mass is 16.5. The summed E-state index contributed by atoms with van der Waals surface area (Å²) in [5.74, 6) is 2.60. The van der Waals surface area contributed by atoms with Gasteiger partial charge in [-0.2, -0.15) is 0 Å². The first-order valence-corrected chi connectivity index (χ1v) is 11.8. The Morgan fingerprint density at radius 1 is 0.943 bits per heavy atom. The molecule has 174 valence electrons. The number of nitrogens with zero attached hydrogens (tertiary/aromatic N) is 4. The molecule has 4 heterocycles. The van der Waals surface area contributed by atoms with Gasteiger partial charge in [-0.3, -0.25) is 0 Å². The van der Waals surface area contributed by atoms with Gasteiger partial charge in [-0.1, -0.05) is 36.4 Å². The van der Waals surface area contributed by atoms with Gasteiger partial charge < -0.3 is 19.9 Å². The fraction of sp³-hybridized carbons (Fsp3) is 0.179. The minimum atomic E-state index is 0.737. The average Bonchev–Trinajstić information content (AvgIpc) is 3.41. The number of ether oxygens (including phenoxy) is 1. The number of aromatic nitrogens is 4. The number of morpholine rings is 1. The summed E-state index contributed by atoms with van der Waals surface area (Å²) >= 11 is 0. The van der Waals surface area contributed by atoms with E-state index in [1.54, 1.807) is 6.20 Å². The number of benzene rings is 2. The van der Waals surface area contributed by atoms with E-state index in [1.165, 1.54) is 0 Å². The number of aryl methyl sites for hydroxylation is 1. The van der Waals surface area contributed by atoms with Gasteiger partial charge in [-0.05, 0) is 48.4 Å². The molecule has 0 atom stereocenters. The second kappa shape index (κ2) is 9.19. The second-order valence-electron chi connectivity index (χ2n) is 8.66. The molecular formula is C28H26N6O. The van der Waals surface area contributed by atoms with Crippen LogP contribution in [-0.4, -0.2) is 46.2 Å². The Morgan fingerprint density at radius 2 is 1.80 bits per heavy atom. The summed E-state index contributed by atoms with van der Waals surface area (Å²) in [6, 6.07) is 22.6. The number of pyridine rings is 2. The fourth-order valence-electron chi connectivity index (χ4n) is 4.43. The van der Waals surface area contributed by atoms with Crippen molar-refractivity contribution in [3.8, 4) is 22.6 Å². The molecular weight excluding hydrogens is 436 g/mol. The Kier molecular flexibility index (Phi) is 5.60. The predicted octanol–water partition coefficient (Wildman–Crippen LogP) is 5.58. The molecule has 1 fully saturated rings. The molecule has 0 spiro atoms. The van der Waals surface area contributed by atoms with E-state index in [-0.39, 0.29) is 0 Å². The zero-order valence-corrected chi connectivity index (χ0v) is 19.5. The van der Waals surface area contributed by atoms with Gasteiger partial charge >= 0.3 is 0 Å². The van der Waals surface area contributed by atoms with E-state index in [0.717, 1.165) is 82.7 Å². The molecule has 0 amide bonds. The van der Waals surface area contributed by atoms with Gasteiger partial charge in [0.1, 0.15) is 17.5 Å². The summed E-state index contributed by atoms with van der Waals surface area (Å²) < 4.78 is 5.47. The van der Waals surface area contributed by atoms with E-state index in [1.807, 2.05) is 30.5 Å². The summed E-state index contributed by atoms with van der Waals surface area (Å²) in [5, 5.41) is 4.48. The van der Waals surface area contributed by atoms with Crippen molar-refractivity contribution >= 4 is 28.2 Å². The van der Waals surface area contributed by atoms with E-state index < -0.39 is 0 Å². The average molecular weight is 463 g/mol. The molecule has 6 rings (SSSR count). The van der Waals surface area contributed by atoms with E-state index in [0.29, 0.717) is 0 Å². The molecule has 1 saturated heterocycles. The third-order valence-electron chi connectivity index (χ3n) is 6.35. The smallest absolute Gasteiger partial charge is 0.139 e. The van der Waals surface area contributed by atoms with E-state index in [4.69, 9.17) is 9.72 Å². The summed E-state index contributed by atoms with van der Waals surface area (Å²) in [6.45, 7) is 5.29. The van der Waals surface area contributed by atoms with E-state index in [2.05, 4.69) is 74.6 Å². The van der Waals surface area contributed by atoms with Crippen molar-refractivity contribution in [2.75, 3.05) is 36.5 Å². The molecule has 2 aromatic carbocycles. The molecule has 7 nitrogen and oxygen atoms in total. The number of anilines is 3. The van der Waals surface area contributed by atoms with Gasteiger partial charge in [0, 0.05) is 35.9 Å². The lowest BCUT2D eigenvalue weighted by molar-refractivity contribution is 0.122. The van der Waals surface area contributed by atoms with Crippen molar-refractivity contribution in [1.29, 1.82) is 0 Å². The van der Waals surface area contributed by atoms with Crippen LogP contribution in [0.1, 0.15) is 5.56 Å². The highest BCUT2D eigenvalue weighted by Crippen LogP contribution is 2.30. The molecule has 7 heteroatoms. The normalized spacial score (nSPS) is 13.8. The Bertz CT molecular complexity index is 1470. The topological polar surface area (TPSA) is 79.0 Å². The zero-order chi connectivity index (χ0) is 23.6. The molecule has 5 aromatic rings. The molecule has 1 aliphatic heterocycles. The summed E-state index contributed by atoms with van der Waals surface area (Å²) in [4.78, 5) is 19.9. The second-order valence-corrected chi connectivity index (χ2v) is 8.66. The van der Waals surface area contributed by atoms with E-state index in [9.17, 15) is 0 Å². The summed E-state index contributed by atoms with van der Waals surface area (Å²) in [7, 11) is 0. The van der Waals surface area contributed by atoms with Crippen molar-refractivity contribution in [2.45, 2.75) is 6.92 Å². The van der Waals surface area contributed by atoms with Crippen LogP contribution in [0.25, 0.3) is 33.5 Å². The molecule has 0 aliphatic carbocycles. The lowest BCUT2D eigenvalue weighted by atomic mass is 10.1. The van der Waals surface area contributed by atoms with Crippen molar-refractivity contribution in [3.63, 3.8) is 0 Å². The monoisotopic (exact) mass is 462 g/mol. The standard InChI is InChI=1S/C28H26N6O/c1-19-7-8-21(17-23(19)28-30-18-25(33-28)20-5-3-2-4-6-20)31-27-22-9-10-26(32-24(22)11-12-29-27)34-13-15-35-16-14-34/h2-12,17-18H,13-16H2,1H3,(H,29,31)(H,30,33). The largest absolute Gasteiger partial charge is 0.378 e. The van der Waals surface area contributed by atoms with Crippen LogP contribution >= 0.6 is 0 Å². The Hall–Kier alpha value is -4.23. The van der Waals surface area contributed by atoms with Crippen LogP contribution < -0.4 is 10.2 Å². The minimum absolute atomic E-state index is 0.737. The number of hydrogen-bond acceptors (Lipinski definition) is 6. The number of hydrogen-bond donors (Lipinski definition) is 2. The maximum absolute atomic E-state index is 5.47. The first kappa shape index (κ1) is 21.3. The molecule has 35 heavy (non-hydrogen) atoms. The third-order valence-corrected chi connectivity index (χ3v) is 6.35. The maximum Gasteiger partial charge on any atom is 0.139 e. The molecule has 0 bridgehead atoms. The van der Waals surface area contributed by atoms with Crippen LogP contribution in [0.15, 0.2) is 79.1 Å². The lowest BCUT2D eigenvalue weighted by Crippen LogP contribution is -2.36. The van der Waals surface area contributed by atoms with E-state index >= 15 is 0 Å². The van der Waals surface area contributed by atoms with Crippen LogP contribution in [0.5, 0.6) is 0 Å². The molecule has 1 aliphatic rings. The SMILES string of the molecule is Cc1ccc(Nc2nccc3nc(N4CCOCC4)ccc23)cc1-c1ncc(-c2ccccc2)[nH]1. The number of aromatic amines is 1. The van der Waals surface area contributed by atoms with Gasteiger partial charge in [0.05, 0.1) is 30.6 Å². The first-order chi connectivity index (χ1) is 17.2. The molecule has 0 saturated carbocycles.